The quantitative estimate of drug-likeness (QED) is 0.596. The first-order chi connectivity index (χ1) is 13.5. The molecule has 0 fully saturated rings. The van der Waals surface area contributed by atoms with Gasteiger partial charge in [-0.25, -0.2) is 4.98 Å². The van der Waals surface area contributed by atoms with Crippen molar-refractivity contribution in [3.63, 3.8) is 0 Å². The number of nitrogens with zero attached hydrogens (tertiary/aromatic N) is 4. The molecule has 0 spiro atoms. The van der Waals surface area contributed by atoms with Crippen LogP contribution in [0.25, 0.3) is 10.9 Å². The van der Waals surface area contributed by atoms with Crippen LogP contribution in [0.5, 0.6) is 0 Å². The summed E-state index contributed by atoms with van der Waals surface area (Å²) in [5.41, 5.74) is 2.76. The molecular weight excluding hydrogens is 354 g/mol. The minimum atomic E-state index is -0.524. The normalized spacial score (nSPS) is 10.9. The third kappa shape index (κ3) is 3.42. The van der Waals surface area contributed by atoms with Gasteiger partial charge in [0.25, 0.3) is 5.91 Å². The predicted octanol–water partition coefficient (Wildman–Crippen LogP) is 2.74. The van der Waals surface area contributed by atoms with Gasteiger partial charge in [-0.1, -0.05) is 23.8 Å². The van der Waals surface area contributed by atoms with E-state index in [1.54, 1.807) is 36.4 Å². The van der Waals surface area contributed by atoms with Crippen molar-refractivity contribution >= 4 is 22.5 Å². The van der Waals surface area contributed by atoms with E-state index >= 15 is 0 Å². The number of hydrogen-bond donors (Lipinski definition) is 1. The van der Waals surface area contributed by atoms with Crippen LogP contribution in [0.2, 0.25) is 0 Å². The maximum Gasteiger partial charge on any atom is 0.280 e. The maximum absolute atomic E-state index is 12.8. The van der Waals surface area contributed by atoms with Crippen LogP contribution in [-0.2, 0) is 13.6 Å². The Kier molecular flexibility index (Phi) is 4.49. The van der Waals surface area contributed by atoms with Gasteiger partial charge in [-0.05, 0) is 36.8 Å². The highest BCUT2D eigenvalue weighted by molar-refractivity contribution is 6.04. The van der Waals surface area contributed by atoms with E-state index in [4.69, 9.17) is 0 Å². The summed E-state index contributed by atoms with van der Waals surface area (Å²) in [5.74, 6) is -0.524. The van der Waals surface area contributed by atoms with Crippen molar-refractivity contribution in [2.24, 2.45) is 7.05 Å². The van der Waals surface area contributed by atoms with Gasteiger partial charge in [0.05, 0.1) is 17.2 Å². The van der Waals surface area contributed by atoms with Crippen molar-refractivity contribution in [1.29, 1.82) is 0 Å². The van der Waals surface area contributed by atoms with Crippen LogP contribution in [0.1, 0.15) is 21.6 Å². The predicted molar refractivity (Wildman–Crippen MR) is 107 cm³/mol. The molecular formula is C21H19N5O2. The highest BCUT2D eigenvalue weighted by Gasteiger charge is 2.17. The molecule has 0 radical (unpaired) electrons. The molecule has 7 heteroatoms. The van der Waals surface area contributed by atoms with Crippen molar-refractivity contribution in [3.05, 3.63) is 88.2 Å². The first-order valence-electron chi connectivity index (χ1n) is 8.85. The zero-order valence-corrected chi connectivity index (χ0v) is 15.6. The number of rotatable bonds is 4. The van der Waals surface area contributed by atoms with Gasteiger partial charge in [-0.2, -0.15) is 5.10 Å². The van der Waals surface area contributed by atoms with Crippen LogP contribution in [0.3, 0.4) is 0 Å². The Morgan fingerprint density at radius 1 is 1.18 bits per heavy atom. The fourth-order valence-electron chi connectivity index (χ4n) is 3.17. The molecule has 1 N–H and O–H groups in total. The van der Waals surface area contributed by atoms with Gasteiger partial charge in [0.2, 0.25) is 5.43 Å². The Morgan fingerprint density at radius 2 is 2.04 bits per heavy atom. The summed E-state index contributed by atoms with van der Waals surface area (Å²) in [5, 5.41) is 7.46. The van der Waals surface area contributed by atoms with Gasteiger partial charge in [-0.15, -0.1) is 0 Å². The molecule has 7 nitrogen and oxygen atoms in total. The van der Waals surface area contributed by atoms with Crippen LogP contribution in [0, 0.1) is 6.92 Å². The number of anilines is 1. The minimum absolute atomic E-state index is 0.124. The SMILES string of the molecule is Cc1ccc2c(c1)c(=O)c(C(=O)Nc1cccc(Cn3ccnc3)c1)nn2C. The molecule has 0 atom stereocenters. The summed E-state index contributed by atoms with van der Waals surface area (Å²) in [4.78, 5) is 29.6. The lowest BCUT2D eigenvalue weighted by atomic mass is 10.1. The number of imidazole rings is 1. The van der Waals surface area contributed by atoms with Crippen molar-refractivity contribution in [3.8, 4) is 0 Å². The fourth-order valence-corrected chi connectivity index (χ4v) is 3.17. The van der Waals surface area contributed by atoms with Crippen molar-refractivity contribution in [1.82, 2.24) is 19.3 Å². The number of aryl methyl sites for hydroxylation is 2. The van der Waals surface area contributed by atoms with Crippen molar-refractivity contribution in [2.45, 2.75) is 13.5 Å². The molecule has 0 saturated heterocycles. The van der Waals surface area contributed by atoms with Gasteiger partial charge in [0, 0.05) is 31.7 Å². The second kappa shape index (κ2) is 7.11. The molecule has 0 bridgehead atoms. The standard InChI is InChI=1S/C21H19N5O2/c1-14-6-7-18-17(10-14)20(27)19(24-25(18)2)21(28)23-16-5-3-4-15(11-16)12-26-9-8-22-13-26/h3-11,13H,12H2,1-2H3,(H,23,28). The van der Waals surface area contributed by atoms with Gasteiger partial charge < -0.3 is 9.88 Å². The summed E-state index contributed by atoms with van der Waals surface area (Å²) in [6.07, 6.45) is 5.32. The third-order valence-electron chi connectivity index (χ3n) is 4.53. The molecule has 1 amide bonds. The Bertz CT molecular complexity index is 1230. The minimum Gasteiger partial charge on any atom is -0.333 e. The average Bonchev–Trinajstić information content (AvgIpc) is 3.17. The highest BCUT2D eigenvalue weighted by atomic mass is 16.2. The van der Waals surface area contributed by atoms with E-state index in [0.717, 1.165) is 11.1 Å². The van der Waals surface area contributed by atoms with Gasteiger partial charge >= 0.3 is 0 Å². The number of carbonyl (C=O) groups is 1. The Morgan fingerprint density at radius 3 is 2.82 bits per heavy atom. The van der Waals surface area contributed by atoms with Crippen LogP contribution in [0.15, 0.2) is 66.0 Å². The molecule has 0 aliphatic rings. The van der Waals surface area contributed by atoms with Crippen LogP contribution in [0.4, 0.5) is 5.69 Å². The smallest absolute Gasteiger partial charge is 0.280 e. The Balaban J connectivity index is 1.64. The molecule has 140 valence electrons. The molecule has 2 aromatic heterocycles. The van der Waals surface area contributed by atoms with Crippen molar-refractivity contribution < 1.29 is 4.79 Å². The van der Waals surface area contributed by atoms with E-state index in [-0.39, 0.29) is 11.1 Å². The second-order valence-corrected chi connectivity index (χ2v) is 6.71. The lowest BCUT2D eigenvalue weighted by Gasteiger charge is -2.10. The number of carbonyl (C=O) groups excluding carboxylic acids is 1. The van der Waals surface area contributed by atoms with E-state index in [0.29, 0.717) is 23.1 Å². The highest BCUT2D eigenvalue weighted by Crippen LogP contribution is 2.14. The summed E-state index contributed by atoms with van der Waals surface area (Å²) >= 11 is 0. The topological polar surface area (TPSA) is 81.8 Å². The summed E-state index contributed by atoms with van der Waals surface area (Å²) in [6, 6.07) is 13.0. The van der Waals surface area contributed by atoms with Crippen LogP contribution < -0.4 is 10.7 Å². The summed E-state index contributed by atoms with van der Waals surface area (Å²) in [7, 11) is 1.72. The number of benzene rings is 2. The van der Waals surface area contributed by atoms with Crippen LogP contribution >= 0.6 is 0 Å². The lowest BCUT2D eigenvalue weighted by Crippen LogP contribution is -2.26. The number of hydrogen-bond acceptors (Lipinski definition) is 4. The Labute approximate surface area is 161 Å². The molecule has 0 aliphatic carbocycles. The maximum atomic E-state index is 12.8. The molecule has 0 aliphatic heterocycles. The number of amides is 1. The largest absolute Gasteiger partial charge is 0.333 e. The third-order valence-corrected chi connectivity index (χ3v) is 4.53. The second-order valence-electron chi connectivity index (χ2n) is 6.71. The first kappa shape index (κ1) is 17.7. The van der Waals surface area contributed by atoms with E-state index in [2.05, 4.69) is 15.4 Å². The number of fused-ring (bicyclic) bond motifs is 1. The zero-order valence-electron chi connectivity index (χ0n) is 15.6. The molecule has 2 aromatic carbocycles. The van der Waals surface area contributed by atoms with Gasteiger partial charge in [0.1, 0.15) is 0 Å². The monoisotopic (exact) mass is 373 g/mol. The molecule has 2 heterocycles. The first-order valence-corrected chi connectivity index (χ1v) is 8.85. The molecule has 0 unspecified atom stereocenters. The fraction of sp³-hybridized carbons (Fsp3) is 0.143. The van der Waals surface area contributed by atoms with Gasteiger partial charge in [0.15, 0.2) is 5.69 Å². The van der Waals surface area contributed by atoms with Crippen LogP contribution in [-0.4, -0.2) is 25.2 Å². The van der Waals surface area contributed by atoms with E-state index < -0.39 is 5.91 Å². The molecule has 4 rings (SSSR count). The average molecular weight is 373 g/mol. The molecule has 0 saturated carbocycles. The molecule has 28 heavy (non-hydrogen) atoms. The van der Waals surface area contributed by atoms with E-state index in [9.17, 15) is 9.59 Å². The van der Waals surface area contributed by atoms with Crippen molar-refractivity contribution in [2.75, 3.05) is 5.32 Å². The van der Waals surface area contributed by atoms with E-state index in [1.165, 1.54) is 0 Å². The van der Waals surface area contributed by atoms with Gasteiger partial charge in [-0.3, -0.25) is 14.3 Å². The lowest BCUT2D eigenvalue weighted by molar-refractivity contribution is 0.101. The number of nitrogens with one attached hydrogen (secondary N) is 1. The zero-order chi connectivity index (χ0) is 19.7. The molecule has 4 aromatic rings. The Hall–Kier alpha value is -3.74. The summed E-state index contributed by atoms with van der Waals surface area (Å²) < 4.78 is 3.49. The number of aromatic nitrogens is 4. The van der Waals surface area contributed by atoms with E-state index in [1.807, 2.05) is 48.0 Å². The summed E-state index contributed by atoms with van der Waals surface area (Å²) in [6.45, 7) is 2.55.